The van der Waals surface area contributed by atoms with Gasteiger partial charge in [-0.05, 0) is 37.4 Å². The van der Waals surface area contributed by atoms with E-state index in [4.69, 9.17) is 0 Å². The lowest BCUT2D eigenvalue weighted by Gasteiger charge is -2.13. The quantitative estimate of drug-likeness (QED) is 0.747. The molecule has 0 aliphatic rings. The summed E-state index contributed by atoms with van der Waals surface area (Å²) in [4.78, 5) is 0. The van der Waals surface area contributed by atoms with Crippen molar-refractivity contribution in [3.05, 3.63) is 24.0 Å². The maximum atomic E-state index is 9.21. The predicted octanol–water partition coefficient (Wildman–Crippen LogP) is 1.52. The third-order valence-electron chi connectivity index (χ3n) is 2.46. The molecule has 86 valence electrons. The molecule has 0 aliphatic heterocycles. The van der Waals surface area contributed by atoms with E-state index >= 15 is 0 Å². The largest absolute Gasteiger partial charge is 0.393 e. The van der Waals surface area contributed by atoms with Crippen LogP contribution in [-0.4, -0.2) is 22.3 Å². The van der Waals surface area contributed by atoms with Gasteiger partial charge < -0.3 is 15.0 Å². The average molecular weight is 210 g/mol. The summed E-state index contributed by atoms with van der Waals surface area (Å²) < 4.78 is 2.05. The summed E-state index contributed by atoms with van der Waals surface area (Å²) in [7, 11) is 2.03. The van der Waals surface area contributed by atoms with Crippen molar-refractivity contribution in [3.63, 3.8) is 0 Å². The second-order valence-electron chi connectivity index (χ2n) is 4.51. The molecule has 0 amide bonds. The Bertz CT molecular complexity index is 281. The Morgan fingerprint density at radius 3 is 2.73 bits per heavy atom. The highest BCUT2D eigenvalue weighted by molar-refractivity contribution is 5.09. The average Bonchev–Trinajstić information content (AvgIpc) is 2.50. The second-order valence-corrected chi connectivity index (χ2v) is 4.51. The Labute approximate surface area is 92.1 Å². The first-order chi connectivity index (χ1) is 7.08. The SMILES string of the molecule is CC(O)CC(C)CNCc1ccn(C)c1. The van der Waals surface area contributed by atoms with Crippen LogP contribution in [0, 0.1) is 5.92 Å². The fourth-order valence-electron chi connectivity index (χ4n) is 1.79. The molecule has 0 fully saturated rings. The molecule has 0 bridgehead atoms. The fraction of sp³-hybridized carbons (Fsp3) is 0.667. The Morgan fingerprint density at radius 2 is 2.20 bits per heavy atom. The van der Waals surface area contributed by atoms with Crippen LogP contribution in [0.1, 0.15) is 25.8 Å². The van der Waals surface area contributed by atoms with E-state index in [1.54, 1.807) is 0 Å². The molecule has 2 unspecified atom stereocenters. The highest BCUT2D eigenvalue weighted by Crippen LogP contribution is 2.05. The molecule has 1 aromatic rings. The van der Waals surface area contributed by atoms with Gasteiger partial charge in [0.15, 0.2) is 0 Å². The molecule has 0 aromatic carbocycles. The zero-order chi connectivity index (χ0) is 11.3. The van der Waals surface area contributed by atoms with Crippen LogP contribution in [0.4, 0.5) is 0 Å². The summed E-state index contributed by atoms with van der Waals surface area (Å²) in [5, 5.41) is 12.6. The van der Waals surface area contributed by atoms with Crippen molar-refractivity contribution in [2.45, 2.75) is 32.9 Å². The Balaban J connectivity index is 2.16. The van der Waals surface area contributed by atoms with E-state index < -0.39 is 0 Å². The van der Waals surface area contributed by atoms with E-state index in [0.717, 1.165) is 19.5 Å². The number of rotatable bonds is 6. The van der Waals surface area contributed by atoms with Crippen LogP contribution in [-0.2, 0) is 13.6 Å². The zero-order valence-corrected chi connectivity index (χ0v) is 9.90. The smallest absolute Gasteiger partial charge is 0.0515 e. The lowest BCUT2D eigenvalue weighted by Crippen LogP contribution is -2.22. The molecule has 0 saturated heterocycles. The van der Waals surface area contributed by atoms with E-state index in [0.29, 0.717) is 5.92 Å². The molecule has 0 aliphatic carbocycles. The van der Waals surface area contributed by atoms with Crippen molar-refractivity contribution in [2.75, 3.05) is 6.54 Å². The van der Waals surface area contributed by atoms with Crippen LogP contribution >= 0.6 is 0 Å². The van der Waals surface area contributed by atoms with Crippen LogP contribution in [0.25, 0.3) is 0 Å². The number of hydrogen-bond donors (Lipinski definition) is 2. The van der Waals surface area contributed by atoms with Crippen molar-refractivity contribution >= 4 is 0 Å². The van der Waals surface area contributed by atoms with Gasteiger partial charge in [0.05, 0.1) is 6.10 Å². The van der Waals surface area contributed by atoms with Crippen LogP contribution in [0.2, 0.25) is 0 Å². The van der Waals surface area contributed by atoms with E-state index in [1.165, 1.54) is 5.56 Å². The molecular weight excluding hydrogens is 188 g/mol. The highest BCUT2D eigenvalue weighted by atomic mass is 16.3. The minimum atomic E-state index is -0.196. The third-order valence-corrected chi connectivity index (χ3v) is 2.46. The lowest BCUT2D eigenvalue weighted by atomic mass is 10.0. The molecule has 0 radical (unpaired) electrons. The van der Waals surface area contributed by atoms with Crippen molar-refractivity contribution < 1.29 is 5.11 Å². The maximum absolute atomic E-state index is 9.21. The standard InChI is InChI=1S/C12H22N2O/c1-10(6-11(2)15)7-13-8-12-4-5-14(3)9-12/h4-5,9-11,13,15H,6-8H2,1-3H3. The van der Waals surface area contributed by atoms with E-state index in [-0.39, 0.29) is 6.10 Å². The van der Waals surface area contributed by atoms with Gasteiger partial charge in [-0.15, -0.1) is 0 Å². The molecule has 15 heavy (non-hydrogen) atoms. The number of aryl methyl sites for hydroxylation is 1. The Morgan fingerprint density at radius 1 is 1.47 bits per heavy atom. The molecule has 2 N–H and O–H groups in total. The van der Waals surface area contributed by atoms with Gasteiger partial charge in [-0.2, -0.15) is 0 Å². The molecule has 2 atom stereocenters. The van der Waals surface area contributed by atoms with E-state index in [2.05, 4.69) is 35.3 Å². The third kappa shape index (κ3) is 5.00. The van der Waals surface area contributed by atoms with Gasteiger partial charge in [0, 0.05) is 26.0 Å². The summed E-state index contributed by atoms with van der Waals surface area (Å²) in [5.74, 6) is 0.522. The molecule has 1 heterocycles. The van der Waals surface area contributed by atoms with Gasteiger partial charge in [-0.3, -0.25) is 0 Å². The fourth-order valence-corrected chi connectivity index (χ4v) is 1.79. The Kier molecular flexibility index (Phi) is 4.85. The van der Waals surface area contributed by atoms with Gasteiger partial charge >= 0.3 is 0 Å². The van der Waals surface area contributed by atoms with Gasteiger partial charge in [-0.1, -0.05) is 6.92 Å². The van der Waals surface area contributed by atoms with Crippen LogP contribution in [0.15, 0.2) is 18.5 Å². The van der Waals surface area contributed by atoms with E-state index in [9.17, 15) is 5.11 Å². The number of nitrogens with zero attached hydrogens (tertiary/aromatic N) is 1. The second kappa shape index (κ2) is 5.93. The van der Waals surface area contributed by atoms with Crippen molar-refractivity contribution in [1.82, 2.24) is 9.88 Å². The van der Waals surface area contributed by atoms with Crippen LogP contribution in [0.5, 0.6) is 0 Å². The maximum Gasteiger partial charge on any atom is 0.0515 e. The van der Waals surface area contributed by atoms with Crippen molar-refractivity contribution in [2.24, 2.45) is 13.0 Å². The number of aromatic nitrogens is 1. The molecular formula is C12H22N2O. The minimum absolute atomic E-state index is 0.196. The first-order valence-electron chi connectivity index (χ1n) is 5.57. The van der Waals surface area contributed by atoms with Crippen molar-refractivity contribution in [3.8, 4) is 0 Å². The topological polar surface area (TPSA) is 37.2 Å². The monoisotopic (exact) mass is 210 g/mol. The Hall–Kier alpha value is -0.800. The summed E-state index contributed by atoms with van der Waals surface area (Å²) in [6.45, 7) is 5.86. The molecule has 0 spiro atoms. The minimum Gasteiger partial charge on any atom is -0.393 e. The summed E-state index contributed by atoms with van der Waals surface area (Å²) in [6.07, 6.45) is 4.84. The zero-order valence-electron chi connectivity index (χ0n) is 9.90. The van der Waals surface area contributed by atoms with Gasteiger partial charge in [0.25, 0.3) is 0 Å². The number of nitrogens with one attached hydrogen (secondary N) is 1. The van der Waals surface area contributed by atoms with Crippen LogP contribution < -0.4 is 5.32 Å². The number of aliphatic hydroxyl groups is 1. The first kappa shape index (κ1) is 12.3. The van der Waals surface area contributed by atoms with E-state index in [1.807, 2.05) is 14.0 Å². The molecule has 3 nitrogen and oxygen atoms in total. The first-order valence-corrected chi connectivity index (χ1v) is 5.57. The molecule has 0 saturated carbocycles. The van der Waals surface area contributed by atoms with Gasteiger partial charge in [0.2, 0.25) is 0 Å². The lowest BCUT2D eigenvalue weighted by molar-refractivity contribution is 0.163. The predicted molar refractivity (Wildman–Crippen MR) is 62.6 cm³/mol. The molecule has 1 aromatic heterocycles. The van der Waals surface area contributed by atoms with Crippen molar-refractivity contribution in [1.29, 1.82) is 0 Å². The van der Waals surface area contributed by atoms with Gasteiger partial charge in [-0.25, -0.2) is 0 Å². The highest BCUT2D eigenvalue weighted by Gasteiger charge is 2.05. The summed E-state index contributed by atoms with van der Waals surface area (Å²) in [6, 6.07) is 2.12. The number of aliphatic hydroxyl groups excluding tert-OH is 1. The summed E-state index contributed by atoms with van der Waals surface area (Å²) >= 11 is 0. The molecule has 1 rings (SSSR count). The molecule has 3 heteroatoms. The number of hydrogen-bond acceptors (Lipinski definition) is 2. The van der Waals surface area contributed by atoms with Crippen LogP contribution in [0.3, 0.4) is 0 Å². The normalized spacial score (nSPS) is 15.2. The van der Waals surface area contributed by atoms with Gasteiger partial charge in [0.1, 0.15) is 0 Å². The summed E-state index contributed by atoms with van der Waals surface area (Å²) in [5.41, 5.74) is 1.31.